The van der Waals surface area contributed by atoms with Gasteiger partial charge in [-0.2, -0.15) is 0 Å². The first-order valence-corrected chi connectivity index (χ1v) is 11.4. The fraction of sp³-hybridized carbons (Fsp3) is 0.0323. The van der Waals surface area contributed by atoms with Crippen molar-refractivity contribution in [1.29, 1.82) is 0 Å². The standard InChI is InChI=1S/C31H22N2/c1-5-16-28-22(10-1)20-23-11-2-6-17-29(23)32(28)24-12-9-13-25(21-24)33-30-18-7-3-14-26(30)27-15-4-8-19-31(27)33/h1-19,21H,20H2. The molecular weight excluding hydrogens is 400 g/mol. The molecule has 0 bridgehead atoms. The molecule has 0 fully saturated rings. The third-order valence-electron chi connectivity index (χ3n) is 6.77. The van der Waals surface area contributed by atoms with Crippen LogP contribution in [0.25, 0.3) is 27.5 Å². The molecule has 0 spiro atoms. The summed E-state index contributed by atoms with van der Waals surface area (Å²) >= 11 is 0. The highest BCUT2D eigenvalue weighted by molar-refractivity contribution is 6.09. The highest BCUT2D eigenvalue weighted by Crippen LogP contribution is 2.44. The van der Waals surface area contributed by atoms with Gasteiger partial charge in [-0.1, -0.05) is 78.9 Å². The summed E-state index contributed by atoms with van der Waals surface area (Å²) in [5.41, 5.74) is 10.0. The number of anilines is 3. The van der Waals surface area contributed by atoms with Gasteiger partial charge in [-0.25, -0.2) is 0 Å². The molecule has 0 unspecified atom stereocenters. The monoisotopic (exact) mass is 422 g/mol. The lowest BCUT2D eigenvalue weighted by Crippen LogP contribution is -2.18. The van der Waals surface area contributed by atoms with Gasteiger partial charge in [-0.15, -0.1) is 0 Å². The molecule has 5 aromatic carbocycles. The average Bonchev–Trinajstić information content (AvgIpc) is 3.22. The maximum atomic E-state index is 2.41. The second kappa shape index (κ2) is 7.11. The van der Waals surface area contributed by atoms with E-state index in [4.69, 9.17) is 0 Å². The second-order valence-corrected chi connectivity index (χ2v) is 8.66. The van der Waals surface area contributed by atoms with Crippen LogP contribution in [0.15, 0.2) is 121 Å². The normalized spacial score (nSPS) is 12.7. The summed E-state index contributed by atoms with van der Waals surface area (Å²) in [6, 6.07) is 43.8. The van der Waals surface area contributed by atoms with Crippen LogP contribution in [0.1, 0.15) is 11.1 Å². The first-order valence-electron chi connectivity index (χ1n) is 11.4. The molecule has 0 N–H and O–H groups in total. The Morgan fingerprint density at radius 3 is 1.61 bits per heavy atom. The van der Waals surface area contributed by atoms with Gasteiger partial charge in [0.1, 0.15) is 0 Å². The largest absolute Gasteiger partial charge is 0.310 e. The molecule has 1 aliphatic heterocycles. The molecule has 0 saturated carbocycles. The molecule has 33 heavy (non-hydrogen) atoms. The zero-order valence-electron chi connectivity index (χ0n) is 18.1. The summed E-state index contributed by atoms with van der Waals surface area (Å²) in [5.74, 6) is 0. The van der Waals surface area contributed by atoms with E-state index in [2.05, 4.69) is 131 Å². The van der Waals surface area contributed by atoms with Crippen LogP contribution in [0.2, 0.25) is 0 Å². The van der Waals surface area contributed by atoms with Gasteiger partial charge in [0.2, 0.25) is 0 Å². The molecule has 0 radical (unpaired) electrons. The first kappa shape index (κ1) is 18.3. The minimum Gasteiger partial charge on any atom is -0.310 e. The number of aromatic nitrogens is 1. The van der Waals surface area contributed by atoms with Gasteiger partial charge in [0, 0.05) is 39.9 Å². The van der Waals surface area contributed by atoms with Crippen molar-refractivity contribution < 1.29 is 0 Å². The topological polar surface area (TPSA) is 8.17 Å². The van der Waals surface area contributed by atoms with E-state index in [1.807, 2.05) is 0 Å². The zero-order chi connectivity index (χ0) is 21.8. The highest BCUT2D eigenvalue weighted by atomic mass is 15.2. The first-order chi connectivity index (χ1) is 16.4. The van der Waals surface area contributed by atoms with Crippen molar-refractivity contribution in [1.82, 2.24) is 4.57 Å². The Bertz CT molecular complexity index is 1560. The molecule has 0 amide bonds. The summed E-state index contributed by atoms with van der Waals surface area (Å²) in [6.45, 7) is 0. The van der Waals surface area contributed by atoms with Crippen LogP contribution in [-0.2, 0) is 6.42 Å². The highest BCUT2D eigenvalue weighted by Gasteiger charge is 2.24. The minimum atomic E-state index is 0.968. The second-order valence-electron chi connectivity index (χ2n) is 8.66. The van der Waals surface area contributed by atoms with E-state index in [9.17, 15) is 0 Å². The van der Waals surface area contributed by atoms with E-state index < -0.39 is 0 Å². The number of rotatable bonds is 2. The Labute approximate surface area is 193 Å². The van der Waals surface area contributed by atoms with E-state index in [0.717, 1.165) is 6.42 Å². The van der Waals surface area contributed by atoms with Gasteiger partial charge < -0.3 is 9.47 Å². The quantitative estimate of drug-likeness (QED) is 0.273. The summed E-state index contributed by atoms with van der Waals surface area (Å²) in [4.78, 5) is 2.41. The summed E-state index contributed by atoms with van der Waals surface area (Å²) in [7, 11) is 0. The Morgan fingerprint density at radius 2 is 0.970 bits per heavy atom. The molecule has 1 aliphatic rings. The third kappa shape index (κ3) is 2.74. The minimum absolute atomic E-state index is 0.968. The Balaban J connectivity index is 1.48. The van der Waals surface area contributed by atoms with Gasteiger partial charge in [0.25, 0.3) is 0 Å². The molecule has 2 heteroatoms. The van der Waals surface area contributed by atoms with Crippen molar-refractivity contribution in [2.75, 3.05) is 4.90 Å². The lowest BCUT2D eigenvalue weighted by molar-refractivity contribution is 1.08. The van der Waals surface area contributed by atoms with Gasteiger partial charge in [-0.3, -0.25) is 0 Å². The number of hydrogen-bond donors (Lipinski definition) is 0. The Kier molecular flexibility index (Phi) is 3.94. The van der Waals surface area contributed by atoms with Crippen molar-refractivity contribution >= 4 is 38.9 Å². The van der Waals surface area contributed by atoms with Gasteiger partial charge in [0.15, 0.2) is 0 Å². The van der Waals surface area contributed by atoms with Gasteiger partial charge in [0.05, 0.1) is 11.0 Å². The smallest absolute Gasteiger partial charge is 0.0541 e. The summed E-state index contributed by atoms with van der Waals surface area (Å²) < 4.78 is 2.38. The van der Waals surface area contributed by atoms with E-state index in [1.165, 1.54) is 55.7 Å². The van der Waals surface area contributed by atoms with Crippen LogP contribution in [0, 0.1) is 0 Å². The number of para-hydroxylation sites is 4. The van der Waals surface area contributed by atoms with Crippen LogP contribution >= 0.6 is 0 Å². The van der Waals surface area contributed by atoms with Crippen LogP contribution in [0.4, 0.5) is 17.1 Å². The third-order valence-corrected chi connectivity index (χ3v) is 6.77. The predicted molar refractivity (Wildman–Crippen MR) is 138 cm³/mol. The number of hydrogen-bond acceptors (Lipinski definition) is 1. The van der Waals surface area contributed by atoms with Crippen molar-refractivity contribution in [3.05, 3.63) is 132 Å². The fourth-order valence-electron chi connectivity index (χ4n) is 5.34. The maximum absolute atomic E-state index is 2.41. The maximum Gasteiger partial charge on any atom is 0.0541 e. The van der Waals surface area contributed by atoms with Crippen LogP contribution in [-0.4, -0.2) is 4.57 Å². The molecule has 0 atom stereocenters. The molecule has 1 aromatic heterocycles. The van der Waals surface area contributed by atoms with Crippen molar-refractivity contribution in [3.63, 3.8) is 0 Å². The van der Waals surface area contributed by atoms with E-state index in [1.54, 1.807) is 0 Å². The molecule has 156 valence electrons. The molecule has 2 heterocycles. The van der Waals surface area contributed by atoms with Crippen LogP contribution in [0.5, 0.6) is 0 Å². The lowest BCUT2D eigenvalue weighted by atomic mass is 9.95. The number of benzene rings is 5. The number of fused-ring (bicyclic) bond motifs is 5. The molecule has 6 aromatic rings. The molecule has 0 saturated heterocycles. The predicted octanol–water partition coefficient (Wildman–Crippen LogP) is 8.16. The fourth-order valence-corrected chi connectivity index (χ4v) is 5.34. The Hall–Kier alpha value is -4.30. The molecule has 7 rings (SSSR count). The van der Waals surface area contributed by atoms with Crippen molar-refractivity contribution in [3.8, 4) is 5.69 Å². The molecular formula is C31H22N2. The van der Waals surface area contributed by atoms with Gasteiger partial charge >= 0.3 is 0 Å². The average molecular weight is 423 g/mol. The SMILES string of the molecule is c1cc(N2c3ccccc3Cc3ccccc32)cc(-n2c3ccccc3c3ccccc32)c1. The van der Waals surface area contributed by atoms with Crippen molar-refractivity contribution in [2.45, 2.75) is 6.42 Å². The summed E-state index contributed by atoms with van der Waals surface area (Å²) in [6.07, 6.45) is 0.968. The van der Waals surface area contributed by atoms with Crippen LogP contribution < -0.4 is 4.90 Å². The van der Waals surface area contributed by atoms with Gasteiger partial charge in [-0.05, 0) is 53.6 Å². The Morgan fingerprint density at radius 1 is 0.455 bits per heavy atom. The molecule has 2 nitrogen and oxygen atoms in total. The van der Waals surface area contributed by atoms with E-state index >= 15 is 0 Å². The van der Waals surface area contributed by atoms with Crippen molar-refractivity contribution in [2.24, 2.45) is 0 Å². The lowest BCUT2D eigenvalue weighted by Gasteiger charge is -2.33. The van der Waals surface area contributed by atoms with E-state index in [0.29, 0.717) is 0 Å². The zero-order valence-corrected chi connectivity index (χ0v) is 18.1. The molecule has 0 aliphatic carbocycles. The van der Waals surface area contributed by atoms with Crippen LogP contribution in [0.3, 0.4) is 0 Å². The van der Waals surface area contributed by atoms with E-state index in [-0.39, 0.29) is 0 Å². The number of nitrogens with zero attached hydrogens (tertiary/aromatic N) is 2. The summed E-state index contributed by atoms with van der Waals surface area (Å²) in [5, 5.41) is 2.57.